The number of rotatable bonds is 7. The van der Waals surface area contributed by atoms with E-state index in [2.05, 4.69) is 5.32 Å². The summed E-state index contributed by atoms with van der Waals surface area (Å²) in [6.07, 6.45) is 1.59. The zero-order valence-corrected chi connectivity index (χ0v) is 16.4. The highest BCUT2D eigenvalue weighted by molar-refractivity contribution is 5.86. The standard InChI is InChI=1S/C18H34N4O3/c1-6-20(7-2)18(25)22-11-9-10-15(12-22)17(24)21(8-3)13-16(23)19-14(4)5/h14-15H,6-13H2,1-5H3,(H,19,23). The Bertz CT molecular complexity index is 463. The van der Waals surface area contributed by atoms with Crippen LogP contribution in [0.25, 0.3) is 0 Å². The van der Waals surface area contributed by atoms with Gasteiger partial charge in [0.2, 0.25) is 11.8 Å². The second-order valence-corrected chi connectivity index (χ2v) is 6.81. The van der Waals surface area contributed by atoms with Crippen molar-refractivity contribution in [3.05, 3.63) is 0 Å². The topological polar surface area (TPSA) is 73.0 Å². The fraction of sp³-hybridized carbons (Fsp3) is 0.833. The largest absolute Gasteiger partial charge is 0.352 e. The number of amides is 4. The highest BCUT2D eigenvalue weighted by atomic mass is 16.2. The zero-order chi connectivity index (χ0) is 19.0. The third-order valence-corrected chi connectivity index (χ3v) is 4.55. The van der Waals surface area contributed by atoms with Gasteiger partial charge >= 0.3 is 6.03 Å². The van der Waals surface area contributed by atoms with Crippen molar-refractivity contribution in [1.82, 2.24) is 20.0 Å². The van der Waals surface area contributed by atoms with E-state index in [-0.39, 0.29) is 36.3 Å². The minimum atomic E-state index is -0.222. The molecular weight excluding hydrogens is 320 g/mol. The minimum absolute atomic E-state index is 0.00287. The second kappa shape index (κ2) is 10.3. The van der Waals surface area contributed by atoms with Crippen LogP contribution in [0.5, 0.6) is 0 Å². The number of nitrogens with zero attached hydrogens (tertiary/aromatic N) is 3. The lowest BCUT2D eigenvalue weighted by Gasteiger charge is -2.37. The van der Waals surface area contributed by atoms with Crippen LogP contribution in [-0.4, -0.2) is 77.9 Å². The van der Waals surface area contributed by atoms with Crippen LogP contribution in [0.15, 0.2) is 0 Å². The van der Waals surface area contributed by atoms with Gasteiger partial charge in [-0.1, -0.05) is 0 Å². The highest BCUT2D eigenvalue weighted by Gasteiger charge is 2.32. The monoisotopic (exact) mass is 354 g/mol. The Labute approximate surface area is 151 Å². The Hall–Kier alpha value is -1.79. The molecular formula is C18H34N4O3. The van der Waals surface area contributed by atoms with Gasteiger partial charge in [-0.3, -0.25) is 9.59 Å². The molecule has 1 unspecified atom stereocenters. The smallest absolute Gasteiger partial charge is 0.320 e. The third kappa shape index (κ3) is 6.21. The van der Waals surface area contributed by atoms with Crippen LogP contribution in [0.1, 0.15) is 47.5 Å². The average Bonchev–Trinajstić information content (AvgIpc) is 2.59. The predicted molar refractivity (Wildman–Crippen MR) is 98.1 cm³/mol. The first-order valence-electron chi connectivity index (χ1n) is 9.45. The van der Waals surface area contributed by atoms with Gasteiger partial charge in [0.25, 0.3) is 0 Å². The predicted octanol–water partition coefficient (Wildman–Crippen LogP) is 1.53. The highest BCUT2D eigenvalue weighted by Crippen LogP contribution is 2.20. The summed E-state index contributed by atoms with van der Waals surface area (Å²) in [5.41, 5.74) is 0. The lowest BCUT2D eigenvalue weighted by Crippen LogP contribution is -2.52. The summed E-state index contributed by atoms with van der Waals surface area (Å²) < 4.78 is 0. The van der Waals surface area contributed by atoms with Crippen molar-refractivity contribution in [2.45, 2.75) is 53.5 Å². The van der Waals surface area contributed by atoms with E-state index in [1.807, 2.05) is 34.6 Å². The molecule has 0 aliphatic carbocycles. The number of urea groups is 1. The molecule has 0 radical (unpaired) electrons. The van der Waals surface area contributed by atoms with Crippen LogP contribution >= 0.6 is 0 Å². The van der Waals surface area contributed by atoms with E-state index in [0.29, 0.717) is 32.7 Å². The molecule has 7 heteroatoms. The fourth-order valence-electron chi connectivity index (χ4n) is 3.19. The first-order chi connectivity index (χ1) is 11.8. The molecule has 0 spiro atoms. The van der Waals surface area contributed by atoms with Crippen LogP contribution < -0.4 is 5.32 Å². The number of hydrogen-bond acceptors (Lipinski definition) is 3. The van der Waals surface area contributed by atoms with E-state index in [0.717, 1.165) is 12.8 Å². The maximum absolute atomic E-state index is 12.8. The van der Waals surface area contributed by atoms with Gasteiger partial charge in [-0.15, -0.1) is 0 Å². The summed E-state index contributed by atoms with van der Waals surface area (Å²) in [6.45, 7) is 12.6. The summed E-state index contributed by atoms with van der Waals surface area (Å²) in [7, 11) is 0. The van der Waals surface area contributed by atoms with E-state index < -0.39 is 0 Å². The average molecular weight is 354 g/mol. The molecule has 4 amide bonds. The number of nitrogens with one attached hydrogen (secondary N) is 1. The van der Waals surface area contributed by atoms with Gasteiger partial charge < -0.3 is 20.0 Å². The van der Waals surface area contributed by atoms with Gasteiger partial charge in [-0.25, -0.2) is 4.79 Å². The van der Waals surface area contributed by atoms with Crippen molar-refractivity contribution >= 4 is 17.8 Å². The Morgan fingerprint density at radius 3 is 2.20 bits per heavy atom. The minimum Gasteiger partial charge on any atom is -0.352 e. The number of carbonyl (C=O) groups excluding carboxylic acids is 3. The van der Waals surface area contributed by atoms with Crippen molar-refractivity contribution in [3.63, 3.8) is 0 Å². The van der Waals surface area contributed by atoms with Gasteiger partial charge in [0, 0.05) is 38.8 Å². The Balaban J connectivity index is 2.69. The van der Waals surface area contributed by atoms with Crippen molar-refractivity contribution in [2.75, 3.05) is 39.3 Å². The van der Waals surface area contributed by atoms with Crippen molar-refractivity contribution in [1.29, 1.82) is 0 Å². The molecule has 1 fully saturated rings. The molecule has 7 nitrogen and oxygen atoms in total. The molecule has 144 valence electrons. The Kier molecular flexibility index (Phi) is 8.72. The van der Waals surface area contributed by atoms with E-state index in [9.17, 15) is 14.4 Å². The van der Waals surface area contributed by atoms with Gasteiger partial charge in [-0.05, 0) is 47.5 Å². The summed E-state index contributed by atoms with van der Waals surface area (Å²) in [5.74, 6) is -0.393. The van der Waals surface area contributed by atoms with E-state index in [4.69, 9.17) is 0 Å². The zero-order valence-electron chi connectivity index (χ0n) is 16.4. The maximum Gasteiger partial charge on any atom is 0.320 e. The molecule has 0 aromatic heterocycles. The molecule has 0 aromatic carbocycles. The normalized spacial score (nSPS) is 17.4. The molecule has 0 aromatic rings. The molecule has 0 bridgehead atoms. The van der Waals surface area contributed by atoms with E-state index in [1.54, 1.807) is 14.7 Å². The van der Waals surface area contributed by atoms with Crippen LogP contribution in [-0.2, 0) is 9.59 Å². The maximum atomic E-state index is 12.8. The van der Waals surface area contributed by atoms with Crippen LogP contribution in [0.4, 0.5) is 4.79 Å². The number of hydrogen-bond donors (Lipinski definition) is 1. The number of likely N-dealkylation sites (tertiary alicyclic amines) is 1. The molecule has 0 saturated carbocycles. The molecule has 1 heterocycles. The van der Waals surface area contributed by atoms with Gasteiger partial charge in [-0.2, -0.15) is 0 Å². The van der Waals surface area contributed by atoms with Gasteiger partial charge in [0.05, 0.1) is 12.5 Å². The third-order valence-electron chi connectivity index (χ3n) is 4.55. The molecule has 1 aliphatic rings. The van der Waals surface area contributed by atoms with Gasteiger partial charge in [0.1, 0.15) is 0 Å². The number of piperidine rings is 1. The SMILES string of the molecule is CCN(CC(=O)NC(C)C)C(=O)C1CCCN(C(=O)N(CC)CC)C1. The lowest BCUT2D eigenvalue weighted by molar-refractivity contribution is -0.140. The number of likely N-dealkylation sites (N-methyl/N-ethyl adjacent to an activating group) is 1. The lowest BCUT2D eigenvalue weighted by atomic mass is 9.96. The first kappa shape index (κ1) is 21.3. The van der Waals surface area contributed by atoms with E-state index in [1.165, 1.54) is 0 Å². The molecule has 1 rings (SSSR count). The fourth-order valence-corrected chi connectivity index (χ4v) is 3.19. The van der Waals surface area contributed by atoms with Crippen LogP contribution in [0, 0.1) is 5.92 Å². The number of carbonyl (C=O) groups is 3. The summed E-state index contributed by atoms with van der Waals surface area (Å²) >= 11 is 0. The molecule has 1 atom stereocenters. The quantitative estimate of drug-likeness (QED) is 0.754. The Morgan fingerprint density at radius 2 is 1.68 bits per heavy atom. The van der Waals surface area contributed by atoms with Crippen molar-refractivity contribution < 1.29 is 14.4 Å². The summed E-state index contributed by atoms with van der Waals surface area (Å²) in [6, 6.07) is 0.0567. The second-order valence-electron chi connectivity index (χ2n) is 6.81. The van der Waals surface area contributed by atoms with Crippen molar-refractivity contribution in [2.24, 2.45) is 5.92 Å². The molecule has 1 saturated heterocycles. The van der Waals surface area contributed by atoms with Gasteiger partial charge in [0.15, 0.2) is 0 Å². The summed E-state index contributed by atoms with van der Waals surface area (Å²) in [4.78, 5) is 42.5. The first-order valence-corrected chi connectivity index (χ1v) is 9.45. The Morgan fingerprint density at radius 1 is 1.08 bits per heavy atom. The molecule has 1 N–H and O–H groups in total. The van der Waals surface area contributed by atoms with Crippen LogP contribution in [0.3, 0.4) is 0 Å². The molecule has 25 heavy (non-hydrogen) atoms. The van der Waals surface area contributed by atoms with Crippen molar-refractivity contribution in [3.8, 4) is 0 Å². The van der Waals surface area contributed by atoms with Crippen LogP contribution in [0.2, 0.25) is 0 Å². The van der Waals surface area contributed by atoms with E-state index >= 15 is 0 Å². The summed E-state index contributed by atoms with van der Waals surface area (Å²) in [5, 5.41) is 2.82. The molecule has 1 aliphatic heterocycles.